The fourth-order valence-electron chi connectivity index (χ4n) is 1.25. The number of nitriles is 1. The second-order valence-corrected chi connectivity index (χ2v) is 3.73. The van der Waals surface area contributed by atoms with Crippen LogP contribution in [0.25, 0.3) is 0 Å². The van der Waals surface area contributed by atoms with E-state index >= 15 is 0 Å². The number of carbonyl (C=O) groups is 1. The van der Waals surface area contributed by atoms with E-state index in [4.69, 9.17) is 16.9 Å². The van der Waals surface area contributed by atoms with Crippen molar-refractivity contribution in [1.82, 2.24) is 9.97 Å². The minimum Gasteiger partial charge on any atom is -0.305 e. The van der Waals surface area contributed by atoms with Crippen LogP contribution in [0.5, 0.6) is 0 Å². The Morgan fingerprint density at radius 3 is 2.78 bits per heavy atom. The van der Waals surface area contributed by atoms with E-state index < -0.39 is 5.91 Å². The van der Waals surface area contributed by atoms with E-state index in [0.29, 0.717) is 16.5 Å². The molecule has 2 rings (SSSR count). The van der Waals surface area contributed by atoms with E-state index in [1.165, 1.54) is 18.3 Å². The number of hydrogen-bond donors (Lipinski definition) is 1. The molecule has 6 heteroatoms. The van der Waals surface area contributed by atoms with Gasteiger partial charge in [-0.3, -0.25) is 4.79 Å². The summed E-state index contributed by atoms with van der Waals surface area (Å²) < 4.78 is 0. The smallest absolute Gasteiger partial charge is 0.275 e. The van der Waals surface area contributed by atoms with Crippen LogP contribution in [0.15, 0.2) is 36.5 Å². The molecule has 0 aromatic carbocycles. The topological polar surface area (TPSA) is 78.7 Å². The summed E-state index contributed by atoms with van der Waals surface area (Å²) in [6.07, 6.45) is 1.33. The summed E-state index contributed by atoms with van der Waals surface area (Å²) in [6.45, 7) is 0. The van der Waals surface area contributed by atoms with Gasteiger partial charge in [-0.25, -0.2) is 9.97 Å². The molecular formula is C12H7ClN4O. The average molecular weight is 259 g/mol. The maximum absolute atomic E-state index is 11.8. The number of halogens is 1. The van der Waals surface area contributed by atoms with E-state index in [9.17, 15) is 4.79 Å². The molecule has 0 spiro atoms. The van der Waals surface area contributed by atoms with Crippen LogP contribution in [0.3, 0.4) is 0 Å². The van der Waals surface area contributed by atoms with Crippen molar-refractivity contribution in [2.45, 2.75) is 0 Å². The molecule has 0 aliphatic rings. The molecule has 2 heterocycles. The first kappa shape index (κ1) is 12.0. The van der Waals surface area contributed by atoms with Crippen molar-refractivity contribution in [3.05, 3.63) is 52.9 Å². The Morgan fingerprint density at radius 2 is 2.17 bits per heavy atom. The van der Waals surface area contributed by atoms with E-state index in [-0.39, 0.29) is 5.69 Å². The molecule has 0 bridgehead atoms. The van der Waals surface area contributed by atoms with Crippen molar-refractivity contribution in [2.75, 3.05) is 5.32 Å². The molecule has 2 aromatic heterocycles. The van der Waals surface area contributed by atoms with Gasteiger partial charge in [0.2, 0.25) is 0 Å². The molecule has 2 aromatic rings. The van der Waals surface area contributed by atoms with Crippen molar-refractivity contribution < 1.29 is 4.79 Å². The van der Waals surface area contributed by atoms with Crippen molar-refractivity contribution >= 4 is 23.3 Å². The first-order chi connectivity index (χ1) is 8.69. The summed E-state index contributed by atoms with van der Waals surface area (Å²) in [7, 11) is 0. The lowest BCUT2D eigenvalue weighted by atomic mass is 10.2. The lowest BCUT2D eigenvalue weighted by molar-refractivity contribution is 0.102. The molecule has 5 nitrogen and oxygen atoms in total. The van der Waals surface area contributed by atoms with Crippen LogP contribution in [0, 0.1) is 11.3 Å². The van der Waals surface area contributed by atoms with Gasteiger partial charge in [-0.15, -0.1) is 0 Å². The molecule has 0 fully saturated rings. The fourth-order valence-corrected chi connectivity index (χ4v) is 1.42. The molecule has 18 heavy (non-hydrogen) atoms. The Bertz CT molecular complexity index is 619. The Hall–Kier alpha value is -2.45. The van der Waals surface area contributed by atoms with Crippen LogP contribution in [0.1, 0.15) is 16.1 Å². The molecule has 0 radical (unpaired) electrons. The summed E-state index contributed by atoms with van der Waals surface area (Å²) in [6, 6.07) is 9.82. The van der Waals surface area contributed by atoms with Gasteiger partial charge < -0.3 is 5.32 Å². The normalized spacial score (nSPS) is 9.56. The number of nitrogens with zero attached hydrogens (tertiary/aromatic N) is 3. The Morgan fingerprint density at radius 1 is 1.33 bits per heavy atom. The number of amides is 1. The molecule has 1 N–H and O–H groups in total. The van der Waals surface area contributed by atoms with Gasteiger partial charge in [-0.1, -0.05) is 17.7 Å². The van der Waals surface area contributed by atoms with E-state index in [1.54, 1.807) is 18.2 Å². The zero-order valence-corrected chi connectivity index (χ0v) is 9.85. The maximum atomic E-state index is 11.8. The first-order valence-corrected chi connectivity index (χ1v) is 5.37. The van der Waals surface area contributed by atoms with Crippen LogP contribution >= 0.6 is 11.6 Å². The predicted octanol–water partition coefficient (Wildman–Crippen LogP) is 2.25. The highest BCUT2D eigenvalue weighted by Gasteiger charge is 2.08. The second-order valence-electron chi connectivity index (χ2n) is 3.34. The van der Waals surface area contributed by atoms with Gasteiger partial charge >= 0.3 is 0 Å². The first-order valence-electron chi connectivity index (χ1n) is 4.99. The third-order valence-electron chi connectivity index (χ3n) is 2.08. The molecule has 88 valence electrons. The molecule has 0 unspecified atom stereocenters. The summed E-state index contributed by atoms with van der Waals surface area (Å²) in [5.74, 6) is -0.0621. The van der Waals surface area contributed by atoms with Gasteiger partial charge in [-0.05, 0) is 24.3 Å². The van der Waals surface area contributed by atoms with Gasteiger partial charge in [0.1, 0.15) is 22.7 Å². The second kappa shape index (κ2) is 5.25. The molecule has 0 aliphatic heterocycles. The minimum atomic E-state index is -0.408. The standard InChI is InChI=1S/C12H7ClN4O/c13-10-2-1-3-11(16-10)17-12(18)9-5-4-8(6-14)7-15-9/h1-5,7H,(H,16,17,18). The van der Waals surface area contributed by atoms with Crippen molar-refractivity contribution in [1.29, 1.82) is 5.26 Å². The lowest BCUT2D eigenvalue weighted by Gasteiger charge is -2.03. The van der Waals surface area contributed by atoms with E-state index in [0.717, 1.165) is 0 Å². The van der Waals surface area contributed by atoms with Crippen LogP contribution < -0.4 is 5.32 Å². The van der Waals surface area contributed by atoms with Crippen molar-refractivity contribution in [3.8, 4) is 6.07 Å². The highest BCUT2D eigenvalue weighted by Crippen LogP contribution is 2.10. The van der Waals surface area contributed by atoms with E-state index in [2.05, 4.69) is 15.3 Å². The van der Waals surface area contributed by atoms with Gasteiger partial charge in [-0.2, -0.15) is 5.26 Å². The van der Waals surface area contributed by atoms with Crippen LogP contribution in [0.4, 0.5) is 5.82 Å². The highest BCUT2D eigenvalue weighted by molar-refractivity contribution is 6.29. The number of carbonyl (C=O) groups excluding carboxylic acids is 1. The van der Waals surface area contributed by atoms with Crippen LogP contribution in [-0.2, 0) is 0 Å². The summed E-state index contributed by atoms with van der Waals surface area (Å²) in [5, 5.41) is 11.5. The Balaban J connectivity index is 2.14. The number of pyridine rings is 2. The Labute approximate surface area is 108 Å². The molecule has 0 aliphatic carbocycles. The van der Waals surface area contributed by atoms with Crippen molar-refractivity contribution in [2.24, 2.45) is 0 Å². The zero-order valence-electron chi connectivity index (χ0n) is 9.09. The minimum absolute atomic E-state index is 0.204. The molecule has 0 saturated carbocycles. The average Bonchev–Trinajstić information content (AvgIpc) is 2.39. The largest absolute Gasteiger partial charge is 0.305 e. The molecular weight excluding hydrogens is 252 g/mol. The fraction of sp³-hybridized carbons (Fsp3) is 0. The monoisotopic (exact) mass is 258 g/mol. The quantitative estimate of drug-likeness (QED) is 0.838. The predicted molar refractivity (Wildman–Crippen MR) is 66.2 cm³/mol. The SMILES string of the molecule is N#Cc1ccc(C(=O)Nc2cccc(Cl)n2)nc1. The summed E-state index contributed by atoms with van der Waals surface area (Å²) in [4.78, 5) is 19.6. The summed E-state index contributed by atoms with van der Waals surface area (Å²) in [5.41, 5.74) is 0.600. The molecule has 1 amide bonds. The number of anilines is 1. The zero-order chi connectivity index (χ0) is 13.0. The Kier molecular flexibility index (Phi) is 3.51. The lowest BCUT2D eigenvalue weighted by Crippen LogP contribution is -2.14. The van der Waals surface area contributed by atoms with Gasteiger partial charge in [0, 0.05) is 6.20 Å². The number of nitrogens with one attached hydrogen (secondary N) is 1. The van der Waals surface area contributed by atoms with Crippen LogP contribution in [0.2, 0.25) is 5.15 Å². The highest BCUT2D eigenvalue weighted by atomic mass is 35.5. The maximum Gasteiger partial charge on any atom is 0.275 e. The van der Waals surface area contributed by atoms with Gasteiger partial charge in [0.25, 0.3) is 5.91 Å². The number of hydrogen-bond acceptors (Lipinski definition) is 4. The third kappa shape index (κ3) is 2.81. The third-order valence-corrected chi connectivity index (χ3v) is 2.29. The van der Waals surface area contributed by atoms with Crippen molar-refractivity contribution in [3.63, 3.8) is 0 Å². The molecule has 0 atom stereocenters. The molecule has 0 saturated heterocycles. The van der Waals surface area contributed by atoms with Crippen LogP contribution in [-0.4, -0.2) is 15.9 Å². The number of rotatable bonds is 2. The van der Waals surface area contributed by atoms with Gasteiger partial charge in [0.05, 0.1) is 5.56 Å². The summed E-state index contributed by atoms with van der Waals surface area (Å²) >= 11 is 5.70. The van der Waals surface area contributed by atoms with E-state index in [1.807, 2.05) is 6.07 Å². The number of aromatic nitrogens is 2. The van der Waals surface area contributed by atoms with Gasteiger partial charge in [0.15, 0.2) is 0 Å².